The van der Waals surface area contributed by atoms with Crippen molar-refractivity contribution in [3.63, 3.8) is 0 Å². The first kappa shape index (κ1) is 52.3. The standard InChI is InChI=1S/C51H67N9O10/c1-30(2)37-26-45(63)60(50(37)67)22-11-8-9-15-44(62)57-46(31(3)4)49(66)53-32(5)47(64)55-33-17-19-34(20-18-33)56-48(65)40-24-35(29-58(40)6)54-43(61)16-13-23-70-42-27-39-38(25-41(42)69-7)51(68)59-21-12-10-14-36(59)28-52-39/h17-20,24-25,27-32,36-37,46H,8-16,21-23,26H2,1-7H3,(H,53,66)(H,54,61)(H,55,64)(H,56,65)(H,57,62)/t32-,36?,37?,46-/m0/s1. The number of imide groups is 1. The minimum Gasteiger partial charge on any atom is -0.493 e. The zero-order valence-electron chi connectivity index (χ0n) is 41.2. The largest absolute Gasteiger partial charge is 0.493 e. The normalized spacial score (nSPS) is 17.4. The van der Waals surface area contributed by atoms with E-state index in [0.29, 0.717) is 78.6 Å². The third kappa shape index (κ3) is 13.4. The number of nitrogens with one attached hydrogen (secondary N) is 5. The van der Waals surface area contributed by atoms with Gasteiger partial charge < -0.3 is 45.5 Å². The highest BCUT2D eigenvalue weighted by molar-refractivity contribution is 6.06. The van der Waals surface area contributed by atoms with Gasteiger partial charge in [-0.05, 0) is 93.7 Å². The molecule has 4 atom stereocenters. The van der Waals surface area contributed by atoms with Crippen molar-refractivity contribution in [1.82, 2.24) is 25.0 Å². The maximum Gasteiger partial charge on any atom is 0.272 e. The number of fused-ring (bicyclic) bond motifs is 2. The van der Waals surface area contributed by atoms with Crippen LogP contribution >= 0.6 is 0 Å². The van der Waals surface area contributed by atoms with E-state index in [1.54, 1.807) is 74.1 Å². The van der Waals surface area contributed by atoms with Crippen LogP contribution in [0, 0.1) is 17.8 Å². The lowest BCUT2D eigenvalue weighted by Crippen LogP contribution is -2.53. The molecule has 0 aliphatic carbocycles. The summed E-state index contributed by atoms with van der Waals surface area (Å²) in [5.41, 5.74) is 2.57. The molecule has 0 saturated carbocycles. The van der Waals surface area contributed by atoms with Crippen molar-refractivity contribution in [3.05, 3.63) is 59.9 Å². The van der Waals surface area contributed by atoms with Gasteiger partial charge in [-0.1, -0.05) is 34.1 Å². The molecule has 2 unspecified atom stereocenters. The average Bonchev–Trinajstić information content (AvgIpc) is 3.79. The summed E-state index contributed by atoms with van der Waals surface area (Å²) in [6, 6.07) is 9.50. The van der Waals surface area contributed by atoms with Crippen LogP contribution in [-0.4, -0.2) is 113 Å². The Balaban J connectivity index is 0.897. The zero-order valence-corrected chi connectivity index (χ0v) is 41.2. The van der Waals surface area contributed by atoms with Gasteiger partial charge in [-0.2, -0.15) is 0 Å². The number of anilines is 3. The van der Waals surface area contributed by atoms with Gasteiger partial charge in [0.1, 0.15) is 17.8 Å². The smallest absolute Gasteiger partial charge is 0.272 e. The first-order chi connectivity index (χ1) is 33.4. The fourth-order valence-corrected chi connectivity index (χ4v) is 8.71. The van der Waals surface area contributed by atoms with Crippen molar-refractivity contribution in [3.8, 4) is 11.5 Å². The van der Waals surface area contributed by atoms with Crippen LogP contribution in [0.3, 0.4) is 0 Å². The van der Waals surface area contributed by atoms with Gasteiger partial charge >= 0.3 is 0 Å². The topological polar surface area (TPSA) is 239 Å². The van der Waals surface area contributed by atoms with Crippen LogP contribution in [0.2, 0.25) is 0 Å². The summed E-state index contributed by atoms with van der Waals surface area (Å²) in [7, 11) is 3.19. The molecule has 3 aliphatic heterocycles. The molecule has 0 radical (unpaired) electrons. The quantitative estimate of drug-likeness (QED) is 0.0584. The van der Waals surface area contributed by atoms with Crippen LogP contribution in [0.15, 0.2) is 53.7 Å². The Morgan fingerprint density at radius 2 is 1.50 bits per heavy atom. The lowest BCUT2D eigenvalue weighted by atomic mass is 9.94. The summed E-state index contributed by atoms with van der Waals surface area (Å²) in [6.45, 7) is 10.2. The molecule has 6 rings (SSSR count). The number of hydrogen-bond donors (Lipinski definition) is 5. The number of carbonyl (C=O) groups excluding carboxylic acids is 8. The van der Waals surface area contributed by atoms with Crippen LogP contribution in [0.25, 0.3) is 0 Å². The number of carbonyl (C=O) groups is 8. The van der Waals surface area contributed by atoms with E-state index in [0.717, 1.165) is 19.3 Å². The minimum atomic E-state index is -0.946. The second-order valence-electron chi connectivity index (χ2n) is 18.9. The molecule has 2 aromatic carbocycles. The first-order valence-electron chi connectivity index (χ1n) is 24.3. The highest BCUT2D eigenvalue weighted by Crippen LogP contribution is 2.38. The van der Waals surface area contributed by atoms with Crippen molar-refractivity contribution in [1.29, 1.82) is 0 Å². The van der Waals surface area contributed by atoms with Crippen LogP contribution in [0.4, 0.5) is 22.7 Å². The molecule has 19 heteroatoms. The van der Waals surface area contributed by atoms with Crippen molar-refractivity contribution in [2.24, 2.45) is 29.8 Å². The molecular formula is C51H67N9O10. The lowest BCUT2D eigenvalue weighted by Gasteiger charge is -2.32. The molecular weight excluding hydrogens is 899 g/mol. The van der Waals surface area contributed by atoms with E-state index in [4.69, 9.17) is 9.47 Å². The van der Waals surface area contributed by atoms with Gasteiger partial charge in [-0.3, -0.25) is 48.2 Å². The molecule has 2 saturated heterocycles. The summed E-state index contributed by atoms with van der Waals surface area (Å²) >= 11 is 0. The number of piperidine rings is 1. The Kier molecular flexibility index (Phi) is 17.9. The van der Waals surface area contributed by atoms with E-state index >= 15 is 0 Å². The van der Waals surface area contributed by atoms with E-state index < -0.39 is 29.8 Å². The van der Waals surface area contributed by atoms with E-state index in [-0.39, 0.29) is 84.9 Å². The molecule has 19 nitrogen and oxygen atoms in total. The summed E-state index contributed by atoms with van der Waals surface area (Å²) in [4.78, 5) is 111. The fraction of sp³-hybridized carbons (Fsp3) is 0.510. The Morgan fingerprint density at radius 1 is 0.786 bits per heavy atom. The Hall–Kier alpha value is -7.05. The van der Waals surface area contributed by atoms with Crippen molar-refractivity contribution >= 4 is 76.2 Å². The van der Waals surface area contributed by atoms with Gasteiger partial charge in [0.05, 0.1) is 36.7 Å². The third-order valence-electron chi connectivity index (χ3n) is 12.8. The highest BCUT2D eigenvalue weighted by atomic mass is 16.5. The summed E-state index contributed by atoms with van der Waals surface area (Å²) in [5.74, 6) is -1.96. The van der Waals surface area contributed by atoms with Crippen LogP contribution < -0.4 is 36.1 Å². The Labute approximate surface area is 408 Å². The van der Waals surface area contributed by atoms with E-state index in [2.05, 4.69) is 31.6 Å². The number of unbranched alkanes of at least 4 members (excludes halogenated alkanes) is 2. The van der Waals surface area contributed by atoms with Gasteiger partial charge in [-0.15, -0.1) is 0 Å². The monoisotopic (exact) mass is 966 g/mol. The molecule has 5 N–H and O–H groups in total. The summed E-state index contributed by atoms with van der Waals surface area (Å²) in [5, 5.41) is 13.9. The molecule has 1 aromatic heterocycles. The van der Waals surface area contributed by atoms with E-state index in [1.165, 1.54) is 18.9 Å². The highest BCUT2D eigenvalue weighted by Gasteiger charge is 2.39. The number of amides is 8. The van der Waals surface area contributed by atoms with Crippen molar-refractivity contribution in [2.75, 3.05) is 42.8 Å². The summed E-state index contributed by atoms with van der Waals surface area (Å²) < 4.78 is 13.1. The summed E-state index contributed by atoms with van der Waals surface area (Å²) in [6.07, 6.45) is 9.01. The average molecular weight is 966 g/mol. The van der Waals surface area contributed by atoms with Crippen molar-refractivity contribution in [2.45, 2.75) is 117 Å². The van der Waals surface area contributed by atoms with Crippen LogP contribution in [-0.2, 0) is 35.8 Å². The number of ether oxygens (including phenoxy) is 2. The SMILES string of the molecule is COc1cc2c(cc1OCCCC(=O)Nc1cc(C(=O)Nc3ccc(NC(=O)[C@H](C)NC(=O)[C@@H](NC(=O)CCCCCN4C(=O)CC(C(C)C)C4=O)C(C)C)cc3)n(C)c1)N=CC1CCCCN1C2=O. The number of rotatable bonds is 22. The molecule has 70 heavy (non-hydrogen) atoms. The number of nitrogens with zero attached hydrogens (tertiary/aromatic N) is 4. The second kappa shape index (κ2) is 24.0. The Morgan fingerprint density at radius 3 is 2.19 bits per heavy atom. The maximum absolute atomic E-state index is 13.3. The Bertz CT molecular complexity index is 2460. The molecule has 4 heterocycles. The number of methoxy groups -OCH3 is 1. The number of hydrogen-bond acceptors (Lipinski definition) is 11. The number of benzene rings is 2. The predicted octanol–water partition coefficient (Wildman–Crippen LogP) is 5.97. The van der Waals surface area contributed by atoms with E-state index in [9.17, 15) is 38.4 Å². The first-order valence-corrected chi connectivity index (χ1v) is 24.3. The fourth-order valence-electron chi connectivity index (χ4n) is 8.71. The molecule has 3 aliphatic rings. The molecule has 376 valence electrons. The molecule has 8 amide bonds. The zero-order chi connectivity index (χ0) is 50.6. The number of aliphatic imine (C=N–C) groups is 1. The van der Waals surface area contributed by atoms with Gasteiger partial charge in [0.2, 0.25) is 35.4 Å². The number of likely N-dealkylation sites (tertiary alicyclic amines) is 1. The molecule has 3 aromatic rings. The van der Waals surface area contributed by atoms with Gasteiger partial charge in [0.15, 0.2) is 11.5 Å². The van der Waals surface area contributed by atoms with Gasteiger partial charge in [-0.25, -0.2) is 0 Å². The number of aryl methyl sites for hydroxylation is 1. The van der Waals surface area contributed by atoms with Gasteiger partial charge in [0.25, 0.3) is 11.8 Å². The van der Waals surface area contributed by atoms with Gasteiger partial charge in [0, 0.05) is 75.2 Å². The molecule has 2 fully saturated rings. The molecule has 0 bridgehead atoms. The van der Waals surface area contributed by atoms with Crippen molar-refractivity contribution < 1.29 is 47.8 Å². The second-order valence-corrected chi connectivity index (χ2v) is 18.9. The van der Waals surface area contributed by atoms with Crippen LogP contribution in [0.5, 0.6) is 11.5 Å². The molecule has 0 spiro atoms. The number of aromatic nitrogens is 1. The minimum absolute atomic E-state index is 0.0290. The van der Waals surface area contributed by atoms with E-state index in [1.807, 2.05) is 25.0 Å². The maximum atomic E-state index is 13.3. The van der Waals surface area contributed by atoms with Crippen LogP contribution in [0.1, 0.15) is 120 Å². The predicted molar refractivity (Wildman–Crippen MR) is 264 cm³/mol. The third-order valence-corrected chi connectivity index (χ3v) is 12.8. The lowest BCUT2D eigenvalue weighted by molar-refractivity contribution is -0.140.